The van der Waals surface area contributed by atoms with E-state index in [1.165, 1.54) is 0 Å². The topological polar surface area (TPSA) is 44.8 Å². The van der Waals surface area contributed by atoms with E-state index in [2.05, 4.69) is 0 Å². The average Bonchev–Trinajstić information content (AvgIpc) is 2.66. The van der Waals surface area contributed by atoms with Crippen molar-refractivity contribution in [2.24, 2.45) is 0 Å². The molecule has 0 aliphatic rings. The first-order valence-corrected chi connectivity index (χ1v) is 7.94. The van der Waals surface area contributed by atoms with E-state index < -0.39 is 17.8 Å². The Kier molecular flexibility index (Phi) is 7.36. The third-order valence-corrected chi connectivity index (χ3v) is 3.16. The van der Waals surface area contributed by atoms with Crippen molar-refractivity contribution in [2.75, 3.05) is 6.61 Å². The van der Waals surface area contributed by atoms with E-state index in [1.54, 1.807) is 61.5 Å². The van der Waals surface area contributed by atoms with Crippen LogP contribution in [0.2, 0.25) is 0 Å². The van der Waals surface area contributed by atoms with Crippen molar-refractivity contribution in [1.29, 1.82) is 0 Å². The summed E-state index contributed by atoms with van der Waals surface area (Å²) in [5.74, 6) is -1.80. The second kappa shape index (κ2) is 9.98. The van der Waals surface area contributed by atoms with Gasteiger partial charge in [0.25, 0.3) is 5.95 Å². The van der Waals surface area contributed by atoms with Crippen molar-refractivity contribution in [1.82, 2.24) is 0 Å². The van der Waals surface area contributed by atoms with Crippen molar-refractivity contribution < 1.29 is 27.8 Å². The molecule has 0 radical (unpaired) electrons. The van der Waals surface area contributed by atoms with Gasteiger partial charge in [0.15, 0.2) is 5.76 Å². The van der Waals surface area contributed by atoms with Crippen molar-refractivity contribution >= 4 is 5.97 Å². The lowest BCUT2D eigenvalue weighted by Gasteiger charge is -2.11. The second-order valence-corrected chi connectivity index (χ2v) is 5.05. The molecule has 2 aromatic carbocycles. The Hall–Kier alpha value is -3.15. The Balaban J connectivity index is 2.12. The molecule has 0 unspecified atom stereocenters. The fraction of sp³-hybridized carbons (Fsp3) is 0.150. The van der Waals surface area contributed by atoms with Gasteiger partial charge in [0.1, 0.15) is 6.61 Å². The van der Waals surface area contributed by atoms with Crippen LogP contribution in [0.25, 0.3) is 0 Å². The number of benzene rings is 2. The predicted molar refractivity (Wildman–Crippen MR) is 92.0 cm³/mol. The smallest absolute Gasteiger partial charge is 0.345 e. The summed E-state index contributed by atoms with van der Waals surface area (Å²) in [7, 11) is 0. The molecule has 0 aromatic heterocycles. The third kappa shape index (κ3) is 6.05. The first-order valence-electron chi connectivity index (χ1n) is 7.94. The predicted octanol–water partition coefficient (Wildman–Crippen LogP) is 5.05. The lowest BCUT2D eigenvalue weighted by Crippen LogP contribution is -2.08. The number of hydrogen-bond donors (Lipinski definition) is 0. The van der Waals surface area contributed by atoms with E-state index in [9.17, 15) is 13.6 Å². The summed E-state index contributed by atoms with van der Waals surface area (Å²) in [4.78, 5) is 12.1. The molecule has 2 aromatic rings. The molecule has 0 aliphatic carbocycles. The van der Waals surface area contributed by atoms with Crippen LogP contribution < -0.4 is 0 Å². The van der Waals surface area contributed by atoms with E-state index in [0.717, 1.165) is 11.6 Å². The van der Waals surface area contributed by atoms with Gasteiger partial charge in [-0.25, -0.2) is 4.79 Å². The van der Waals surface area contributed by atoms with Gasteiger partial charge in [0, 0.05) is 0 Å². The highest BCUT2D eigenvalue weighted by Gasteiger charge is 2.14. The summed E-state index contributed by atoms with van der Waals surface area (Å²) in [5, 5.41) is 0. The van der Waals surface area contributed by atoms with Crippen molar-refractivity contribution in [3.8, 4) is 0 Å². The van der Waals surface area contributed by atoms with E-state index in [4.69, 9.17) is 14.2 Å². The zero-order valence-electron chi connectivity index (χ0n) is 14.2. The Bertz CT molecular complexity index is 767. The summed E-state index contributed by atoms with van der Waals surface area (Å²) in [6.45, 7) is 1.72. The summed E-state index contributed by atoms with van der Waals surface area (Å²) in [6.07, 6.45) is -1.18. The Morgan fingerprint density at radius 1 is 0.962 bits per heavy atom. The van der Waals surface area contributed by atoms with Gasteiger partial charge in [0.2, 0.25) is 0 Å². The van der Waals surface area contributed by atoms with Crippen LogP contribution in [0.15, 0.2) is 84.5 Å². The minimum Gasteiger partial charge on any atom is -0.483 e. The maximum atomic E-state index is 13.2. The number of rotatable bonds is 8. The van der Waals surface area contributed by atoms with E-state index in [0.29, 0.717) is 0 Å². The molecule has 0 bridgehead atoms. The van der Waals surface area contributed by atoms with Crippen LogP contribution in [0.5, 0.6) is 0 Å². The van der Waals surface area contributed by atoms with Crippen LogP contribution in [-0.4, -0.2) is 12.6 Å². The summed E-state index contributed by atoms with van der Waals surface area (Å²) in [6, 6.07) is 17.0. The molecule has 0 fully saturated rings. The molecular weight excluding hydrogens is 342 g/mol. The molecule has 4 nitrogen and oxygen atoms in total. The van der Waals surface area contributed by atoms with Crippen molar-refractivity contribution in [2.45, 2.75) is 13.5 Å². The average molecular weight is 360 g/mol. The fourth-order valence-corrected chi connectivity index (χ4v) is 1.96. The number of ether oxygens (including phenoxy) is 3. The lowest BCUT2D eigenvalue weighted by molar-refractivity contribution is 0.0272. The normalized spacial score (nSPS) is 10.8. The zero-order chi connectivity index (χ0) is 18.8. The monoisotopic (exact) mass is 360 g/mol. The van der Waals surface area contributed by atoms with Crippen molar-refractivity contribution in [3.05, 3.63) is 95.7 Å². The molecule has 6 heteroatoms. The van der Waals surface area contributed by atoms with Crippen molar-refractivity contribution in [3.63, 3.8) is 0 Å². The first kappa shape index (κ1) is 19.2. The minimum absolute atomic E-state index is 0.0595. The molecule has 26 heavy (non-hydrogen) atoms. The van der Waals surface area contributed by atoms with Gasteiger partial charge in [-0.05, 0) is 24.6 Å². The summed E-state index contributed by atoms with van der Waals surface area (Å²) in [5.41, 5.74) is 0.994. The Morgan fingerprint density at radius 3 is 2.15 bits per heavy atom. The Morgan fingerprint density at radius 2 is 1.58 bits per heavy atom. The molecule has 0 aliphatic heterocycles. The highest BCUT2D eigenvalue weighted by Crippen LogP contribution is 2.18. The number of hydrogen-bond acceptors (Lipinski definition) is 4. The highest BCUT2D eigenvalue weighted by atomic mass is 19.3. The number of halogens is 2. The van der Waals surface area contributed by atoms with Crippen LogP contribution in [0.1, 0.15) is 22.8 Å². The molecule has 0 N–H and O–H groups in total. The minimum atomic E-state index is -2.05. The van der Waals surface area contributed by atoms with E-state index in [-0.39, 0.29) is 24.7 Å². The van der Waals surface area contributed by atoms with Gasteiger partial charge in [-0.15, -0.1) is 0 Å². The number of carbonyl (C=O) groups is 1. The molecule has 0 amide bonds. The molecule has 0 spiro atoms. The maximum Gasteiger partial charge on any atom is 0.345 e. The van der Waals surface area contributed by atoms with Crippen LogP contribution in [0.4, 0.5) is 8.78 Å². The van der Waals surface area contributed by atoms with Crippen LogP contribution >= 0.6 is 0 Å². The standard InChI is InChI=1S/C20H18F2O4/c1-2-24-18(26-20(23)16-11-7-4-8-12-16)13-17(19(21)22)25-14-15-9-5-3-6-10-15/h3-13H,2,14H2,1H3. The summed E-state index contributed by atoms with van der Waals surface area (Å²) >= 11 is 0. The summed E-state index contributed by atoms with van der Waals surface area (Å²) < 4.78 is 41.7. The first-order chi connectivity index (χ1) is 12.6. The Labute approximate surface area is 150 Å². The van der Waals surface area contributed by atoms with Gasteiger partial charge in [-0.2, -0.15) is 8.78 Å². The number of allylic oxidation sites excluding steroid dienone is 1. The molecular formula is C20H18F2O4. The molecule has 136 valence electrons. The van der Waals surface area contributed by atoms with E-state index in [1.807, 2.05) is 6.07 Å². The zero-order valence-corrected chi connectivity index (χ0v) is 14.2. The lowest BCUT2D eigenvalue weighted by atomic mass is 10.2. The molecule has 0 saturated heterocycles. The van der Waals surface area contributed by atoms with Gasteiger partial charge in [0.05, 0.1) is 18.2 Å². The number of esters is 1. The van der Waals surface area contributed by atoms with E-state index >= 15 is 0 Å². The van der Waals surface area contributed by atoms with Crippen LogP contribution in [0, 0.1) is 0 Å². The van der Waals surface area contributed by atoms with Crippen LogP contribution in [0.3, 0.4) is 0 Å². The van der Waals surface area contributed by atoms with Gasteiger partial charge in [-0.1, -0.05) is 48.5 Å². The van der Waals surface area contributed by atoms with Gasteiger partial charge < -0.3 is 14.2 Å². The third-order valence-electron chi connectivity index (χ3n) is 3.16. The molecule has 0 atom stereocenters. The molecule has 0 saturated carbocycles. The molecule has 2 rings (SSSR count). The number of carbonyl (C=O) groups excluding carboxylic acids is 1. The largest absolute Gasteiger partial charge is 0.483 e. The second-order valence-electron chi connectivity index (χ2n) is 5.05. The molecule has 0 heterocycles. The quantitative estimate of drug-likeness (QED) is 0.376. The van der Waals surface area contributed by atoms with Gasteiger partial charge in [-0.3, -0.25) is 0 Å². The highest BCUT2D eigenvalue weighted by molar-refractivity contribution is 5.89. The fourth-order valence-electron chi connectivity index (χ4n) is 1.96. The van der Waals surface area contributed by atoms with Gasteiger partial charge >= 0.3 is 12.0 Å². The SMILES string of the molecule is CCOC(=CC(OCc1ccccc1)=C(F)F)OC(=O)c1ccccc1. The van der Waals surface area contributed by atoms with Crippen LogP contribution in [-0.2, 0) is 20.8 Å². The maximum absolute atomic E-state index is 13.2.